The van der Waals surface area contributed by atoms with E-state index in [2.05, 4.69) is 5.32 Å². The molecule has 1 unspecified atom stereocenters. The lowest BCUT2D eigenvalue weighted by atomic mass is 10.0. The van der Waals surface area contributed by atoms with Gasteiger partial charge in [0.05, 0.1) is 24.6 Å². The standard InChI is InChI=1S/C14H15NO4/c1-9(16)8-13(17)15-11-6-7-19-12-5-3-2-4-10(12)14(11)18/h2-5,11H,6-8H2,1H3,(H,15,17). The Morgan fingerprint density at radius 3 is 2.84 bits per heavy atom. The molecule has 1 aromatic rings. The first-order valence-electron chi connectivity index (χ1n) is 6.13. The van der Waals surface area contributed by atoms with Gasteiger partial charge in [0.1, 0.15) is 11.5 Å². The van der Waals surface area contributed by atoms with Gasteiger partial charge in [0.2, 0.25) is 5.91 Å². The molecular formula is C14H15NO4. The largest absolute Gasteiger partial charge is 0.493 e. The van der Waals surface area contributed by atoms with Crippen molar-refractivity contribution in [2.24, 2.45) is 0 Å². The van der Waals surface area contributed by atoms with Gasteiger partial charge in [-0.15, -0.1) is 0 Å². The van der Waals surface area contributed by atoms with Gasteiger partial charge in [-0.3, -0.25) is 14.4 Å². The lowest BCUT2D eigenvalue weighted by Gasteiger charge is -2.14. The Morgan fingerprint density at radius 2 is 2.11 bits per heavy atom. The second-order valence-electron chi connectivity index (χ2n) is 4.50. The average molecular weight is 261 g/mol. The molecule has 1 atom stereocenters. The summed E-state index contributed by atoms with van der Waals surface area (Å²) in [6.45, 7) is 1.70. The molecule has 0 fully saturated rings. The summed E-state index contributed by atoms with van der Waals surface area (Å²) in [5, 5.41) is 2.59. The molecule has 0 spiro atoms. The van der Waals surface area contributed by atoms with Crippen LogP contribution in [0.5, 0.6) is 5.75 Å². The lowest BCUT2D eigenvalue weighted by molar-refractivity contribution is -0.127. The first-order valence-corrected chi connectivity index (χ1v) is 6.13. The predicted octanol–water partition coefficient (Wildman–Crippen LogP) is 1.12. The minimum atomic E-state index is -0.629. The molecule has 1 amide bonds. The third kappa shape index (κ3) is 3.19. The fourth-order valence-electron chi connectivity index (χ4n) is 2.01. The van der Waals surface area contributed by atoms with Crippen molar-refractivity contribution in [3.63, 3.8) is 0 Å². The molecule has 100 valence electrons. The fourth-order valence-corrected chi connectivity index (χ4v) is 2.01. The number of carbonyl (C=O) groups is 3. The predicted molar refractivity (Wildman–Crippen MR) is 68.1 cm³/mol. The summed E-state index contributed by atoms with van der Waals surface area (Å²) < 4.78 is 5.47. The highest BCUT2D eigenvalue weighted by Crippen LogP contribution is 2.23. The summed E-state index contributed by atoms with van der Waals surface area (Å²) in [4.78, 5) is 34.7. The minimum absolute atomic E-state index is 0.176. The number of rotatable bonds is 3. The summed E-state index contributed by atoms with van der Waals surface area (Å²) in [6.07, 6.45) is 0.198. The van der Waals surface area contributed by atoms with Crippen LogP contribution in [0.3, 0.4) is 0 Å². The van der Waals surface area contributed by atoms with Crippen molar-refractivity contribution >= 4 is 17.5 Å². The quantitative estimate of drug-likeness (QED) is 0.827. The van der Waals surface area contributed by atoms with Crippen LogP contribution in [0.15, 0.2) is 24.3 Å². The van der Waals surface area contributed by atoms with Crippen LogP contribution in [0.25, 0.3) is 0 Å². The number of carbonyl (C=O) groups excluding carboxylic acids is 3. The molecule has 1 heterocycles. The van der Waals surface area contributed by atoms with E-state index in [-0.39, 0.29) is 18.0 Å². The summed E-state index contributed by atoms with van der Waals surface area (Å²) >= 11 is 0. The summed E-state index contributed by atoms with van der Waals surface area (Å²) in [5.74, 6) is -0.290. The zero-order chi connectivity index (χ0) is 13.8. The third-order valence-corrected chi connectivity index (χ3v) is 2.88. The molecule has 0 radical (unpaired) electrons. The van der Waals surface area contributed by atoms with Crippen LogP contribution in [-0.4, -0.2) is 30.1 Å². The molecule has 1 aliphatic heterocycles. The number of benzene rings is 1. The molecule has 1 N–H and O–H groups in total. The van der Waals surface area contributed by atoms with E-state index in [0.717, 1.165) is 0 Å². The van der Waals surface area contributed by atoms with Gasteiger partial charge < -0.3 is 10.1 Å². The topological polar surface area (TPSA) is 72.5 Å². The van der Waals surface area contributed by atoms with Gasteiger partial charge in [-0.2, -0.15) is 0 Å². The van der Waals surface area contributed by atoms with E-state index in [1.165, 1.54) is 6.92 Å². The van der Waals surface area contributed by atoms with Crippen molar-refractivity contribution < 1.29 is 19.1 Å². The van der Waals surface area contributed by atoms with Crippen LogP contribution in [0.1, 0.15) is 30.1 Å². The van der Waals surface area contributed by atoms with Crippen LogP contribution in [0.4, 0.5) is 0 Å². The summed E-state index contributed by atoms with van der Waals surface area (Å²) in [6, 6.07) is 6.32. The highest BCUT2D eigenvalue weighted by atomic mass is 16.5. The van der Waals surface area contributed by atoms with Crippen LogP contribution >= 0.6 is 0 Å². The third-order valence-electron chi connectivity index (χ3n) is 2.88. The van der Waals surface area contributed by atoms with Crippen molar-refractivity contribution in [1.82, 2.24) is 5.32 Å². The van der Waals surface area contributed by atoms with Crippen LogP contribution < -0.4 is 10.1 Å². The van der Waals surface area contributed by atoms with Crippen LogP contribution in [-0.2, 0) is 9.59 Å². The Kier molecular flexibility index (Phi) is 3.94. The number of ether oxygens (including phenoxy) is 1. The van der Waals surface area contributed by atoms with E-state index in [0.29, 0.717) is 24.3 Å². The number of Topliss-reactive ketones (excluding diaryl/α,β-unsaturated/α-hetero) is 2. The molecule has 1 aromatic carbocycles. The van der Waals surface area contributed by atoms with E-state index >= 15 is 0 Å². The van der Waals surface area contributed by atoms with Gasteiger partial charge >= 0.3 is 0 Å². The van der Waals surface area contributed by atoms with Crippen molar-refractivity contribution in [1.29, 1.82) is 0 Å². The molecule has 0 saturated heterocycles. The number of fused-ring (bicyclic) bond motifs is 1. The van der Waals surface area contributed by atoms with Crippen molar-refractivity contribution in [2.75, 3.05) is 6.61 Å². The second-order valence-corrected chi connectivity index (χ2v) is 4.50. The van der Waals surface area contributed by atoms with E-state index in [1.54, 1.807) is 24.3 Å². The maximum absolute atomic E-state index is 12.3. The van der Waals surface area contributed by atoms with Crippen molar-refractivity contribution in [3.8, 4) is 5.75 Å². The Morgan fingerprint density at radius 1 is 1.37 bits per heavy atom. The van der Waals surface area contributed by atoms with E-state index in [4.69, 9.17) is 4.74 Å². The Balaban J connectivity index is 2.13. The van der Waals surface area contributed by atoms with E-state index in [9.17, 15) is 14.4 Å². The Bertz CT molecular complexity index is 524. The zero-order valence-corrected chi connectivity index (χ0v) is 10.6. The maximum atomic E-state index is 12.3. The number of hydrogen-bond donors (Lipinski definition) is 1. The number of para-hydroxylation sites is 1. The molecule has 0 aliphatic carbocycles. The summed E-state index contributed by atoms with van der Waals surface area (Å²) in [7, 11) is 0. The second kappa shape index (κ2) is 5.65. The maximum Gasteiger partial charge on any atom is 0.228 e. The van der Waals surface area contributed by atoms with E-state index < -0.39 is 11.9 Å². The number of amides is 1. The van der Waals surface area contributed by atoms with Crippen LogP contribution in [0, 0.1) is 0 Å². The molecule has 2 rings (SSSR count). The smallest absolute Gasteiger partial charge is 0.228 e. The van der Waals surface area contributed by atoms with E-state index in [1.807, 2.05) is 0 Å². The highest BCUT2D eigenvalue weighted by molar-refractivity contribution is 6.05. The molecule has 0 aromatic heterocycles. The number of nitrogens with one attached hydrogen (secondary N) is 1. The average Bonchev–Trinajstić information content (AvgIpc) is 2.50. The van der Waals surface area contributed by atoms with Gasteiger partial charge in [0.15, 0.2) is 5.78 Å². The van der Waals surface area contributed by atoms with Gasteiger partial charge in [-0.1, -0.05) is 12.1 Å². The molecule has 5 nitrogen and oxygen atoms in total. The molecule has 1 aliphatic rings. The SMILES string of the molecule is CC(=O)CC(=O)NC1CCOc2ccccc2C1=O. The highest BCUT2D eigenvalue weighted by Gasteiger charge is 2.27. The fraction of sp³-hybridized carbons (Fsp3) is 0.357. The lowest BCUT2D eigenvalue weighted by Crippen LogP contribution is -2.41. The number of ketones is 2. The molecular weight excluding hydrogens is 246 g/mol. The van der Waals surface area contributed by atoms with Crippen LogP contribution in [0.2, 0.25) is 0 Å². The van der Waals surface area contributed by atoms with Gasteiger partial charge in [-0.05, 0) is 19.1 Å². The van der Waals surface area contributed by atoms with Gasteiger partial charge in [0.25, 0.3) is 0 Å². The molecule has 5 heteroatoms. The first kappa shape index (κ1) is 13.3. The number of hydrogen-bond acceptors (Lipinski definition) is 4. The normalized spacial score (nSPS) is 17.9. The Labute approximate surface area is 110 Å². The molecule has 0 saturated carbocycles. The first-order chi connectivity index (χ1) is 9.08. The van der Waals surface area contributed by atoms with Crippen molar-refractivity contribution in [3.05, 3.63) is 29.8 Å². The molecule has 19 heavy (non-hydrogen) atoms. The van der Waals surface area contributed by atoms with Gasteiger partial charge in [0, 0.05) is 6.42 Å². The monoisotopic (exact) mass is 261 g/mol. The van der Waals surface area contributed by atoms with Crippen molar-refractivity contribution in [2.45, 2.75) is 25.8 Å². The zero-order valence-electron chi connectivity index (χ0n) is 10.6. The molecule has 0 bridgehead atoms. The Hall–Kier alpha value is -2.17. The minimum Gasteiger partial charge on any atom is -0.493 e. The summed E-state index contributed by atoms with van der Waals surface area (Å²) in [5.41, 5.74) is 0.466. The van der Waals surface area contributed by atoms with Gasteiger partial charge in [-0.25, -0.2) is 0 Å².